The van der Waals surface area contributed by atoms with E-state index in [2.05, 4.69) is 20.4 Å². The van der Waals surface area contributed by atoms with Gasteiger partial charge in [-0.25, -0.2) is 9.97 Å². The first kappa shape index (κ1) is 12.1. The standard InChI is InChI=1S/C14H19N5/c1-19-11(7-8-18-19)9-15-14-12-5-3-2-4-6-13(12)16-10-17-14/h7-8,10H,2-6,9H2,1H3,(H,15,16,17). The predicted molar refractivity (Wildman–Crippen MR) is 73.8 cm³/mol. The lowest BCUT2D eigenvalue weighted by molar-refractivity contribution is 0.708. The number of aromatic nitrogens is 4. The Kier molecular flexibility index (Phi) is 3.44. The number of fused-ring (bicyclic) bond motifs is 1. The second-order valence-electron chi connectivity index (χ2n) is 5.01. The van der Waals surface area contributed by atoms with E-state index in [1.165, 1.54) is 30.5 Å². The smallest absolute Gasteiger partial charge is 0.133 e. The molecule has 0 aromatic carbocycles. The van der Waals surface area contributed by atoms with Gasteiger partial charge >= 0.3 is 0 Å². The Morgan fingerprint density at radius 1 is 1.21 bits per heavy atom. The van der Waals surface area contributed by atoms with Crippen LogP contribution >= 0.6 is 0 Å². The molecule has 1 aliphatic rings. The average Bonchev–Trinajstić information content (AvgIpc) is 2.69. The molecule has 2 heterocycles. The van der Waals surface area contributed by atoms with Gasteiger partial charge < -0.3 is 5.32 Å². The highest BCUT2D eigenvalue weighted by atomic mass is 15.3. The quantitative estimate of drug-likeness (QED) is 0.855. The maximum Gasteiger partial charge on any atom is 0.133 e. The molecule has 0 amide bonds. The van der Waals surface area contributed by atoms with Crippen molar-refractivity contribution in [1.82, 2.24) is 19.7 Å². The van der Waals surface area contributed by atoms with E-state index >= 15 is 0 Å². The van der Waals surface area contributed by atoms with Crippen molar-refractivity contribution < 1.29 is 0 Å². The first-order valence-electron chi connectivity index (χ1n) is 6.88. The Morgan fingerprint density at radius 2 is 2.11 bits per heavy atom. The Labute approximate surface area is 113 Å². The average molecular weight is 257 g/mol. The van der Waals surface area contributed by atoms with Crippen LogP contribution in [0.4, 0.5) is 5.82 Å². The highest BCUT2D eigenvalue weighted by Crippen LogP contribution is 2.24. The van der Waals surface area contributed by atoms with Crippen LogP contribution in [0.1, 0.15) is 36.2 Å². The number of aryl methyl sites for hydroxylation is 2. The molecule has 100 valence electrons. The van der Waals surface area contributed by atoms with Gasteiger partial charge in [-0.3, -0.25) is 4.68 Å². The molecule has 0 bridgehead atoms. The molecule has 2 aromatic heterocycles. The molecule has 0 saturated heterocycles. The van der Waals surface area contributed by atoms with Gasteiger partial charge in [-0.1, -0.05) is 6.42 Å². The van der Waals surface area contributed by atoms with E-state index in [0.717, 1.165) is 30.9 Å². The molecule has 2 aromatic rings. The lowest BCUT2D eigenvalue weighted by atomic mass is 10.1. The van der Waals surface area contributed by atoms with Crippen molar-refractivity contribution in [1.29, 1.82) is 0 Å². The monoisotopic (exact) mass is 257 g/mol. The van der Waals surface area contributed by atoms with Crippen molar-refractivity contribution in [3.8, 4) is 0 Å². The van der Waals surface area contributed by atoms with Crippen molar-refractivity contribution in [2.24, 2.45) is 7.05 Å². The van der Waals surface area contributed by atoms with Gasteiger partial charge in [0.05, 0.1) is 12.2 Å². The zero-order valence-corrected chi connectivity index (χ0v) is 11.3. The Balaban J connectivity index is 1.79. The highest BCUT2D eigenvalue weighted by molar-refractivity contribution is 5.46. The molecule has 0 atom stereocenters. The maximum atomic E-state index is 4.43. The fourth-order valence-corrected chi connectivity index (χ4v) is 2.60. The molecule has 0 spiro atoms. The SMILES string of the molecule is Cn1nccc1CNc1ncnc2c1CCCCC2. The molecule has 0 fully saturated rings. The predicted octanol–water partition coefficient (Wildman–Crippen LogP) is 2.09. The number of anilines is 1. The molecule has 1 N–H and O–H groups in total. The normalized spacial score (nSPS) is 14.8. The molecule has 5 nitrogen and oxygen atoms in total. The van der Waals surface area contributed by atoms with Crippen LogP contribution in [0.25, 0.3) is 0 Å². The third kappa shape index (κ3) is 2.59. The van der Waals surface area contributed by atoms with E-state index in [9.17, 15) is 0 Å². The van der Waals surface area contributed by atoms with Gasteiger partial charge in [-0.05, 0) is 31.7 Å². The summed E-state index contributed by atoms with van der Waals surface area (Å²) in [6, 6.07) is 2.02. The van der Waals surface area contributed by atoms with E-state index in [1.54, 1.807) is 6.33 Å². The number of nitrogens with one attached hydrogen (secondary N) is 1. The van der Waals surface area contributed by atoms with Crippen LogP contribution in [0.2, 0.25) is 0 Å². The van der Waals surface area contributed by atoms with Crippen LogP contribution < -0.4 is 5.32 Å². The zero-order chi connectivity index (χ0) is 13.1. The molecule has 0 radical (unpaired) electrons. The molecule has 19 heavy (non-hydrogen) atoms. The number of hydrogen-bond acceptors (Lipinski definition) is 4. The lowest BCUT2D eigenvalue weighted by Crippen LogP contribution is -2.10. The summed E-state index contributed by atoms with van der Waals surface area (Å²) in [5, 5.41) is 7.61. The summed E-state index contributed by atoms with van der Waals surface area (Å²) in [7, 11) is 1.96. The minimum absolute atomic E-state index is 0.750. The molecule has 0 saturated carbocycles. The van der Waals surface area contributed by atoms with Crippen LogP contribution in [0.5, 0.6) is 0 Å². The van der Waals surface area contributed by atoms with Crippen molar-refractivity contribution in [2.75, 3.05) is 5.32 Å². The Bertz CT molecular complexity index is 561. The summed E-state index contributed by atoms with van der Waals surface area (Å²) < 4.78 is 1.88. The van der Waals surface area contributed by atoms with Gasteiger partial charge in [0.15, 0.2) is 0 Å². The first-order chi connectivity index (χ1) is 9.34. The third-order valence-corrected chi connectivity index (χ3v) is 3.73. The maximum absolute atomic E-state index is 4.43. The molecular formula is C14H19N5. The summed E-state index contributed by atoms with van der Waals surface area (Å²) in [5.74, 6) is 0.994. The van der Waals surface area contributed by atoms with Gasteiger partial charge in [-0.15, -0.1) is 0 Å². The minimum atomic E-state index is 0.750. The fourth-order valence-electron chi connectivity index (χ4n) is 2.60. The van der Waals surface area contributed by atoms with Crippen molar-refractivity contribution >= 4 is 5.82 Å². The summed E-state index contributed by atoms with van der Waals surface area (Å²) >= 11 is 0. The van der Waals surface area contributed by atoms with Crippen LogP contribution in [0.3, 0.4) is 0 Å². The number of hydrogen-bond donors (Lipinski definition) is 1. The summed E-state index contributed by atoms with van der Waals surface area (Å²) in [4.78, 5) is 8.84. The number of rotatable bonds is 3. The van der Waals surface area contributed by atoms with Gasteiger partial charge in [-0.2, -0.15) is 5.10 Å². The summed E-state index contributed by atoms with van der Waals surface area (Å²) in [6.45, 7) is 0.750. The van der Waals surface area contributed by atoms with Gasteiger partial charge in [0.2, 0.25) is 0 Å². The zero-order valence-electron chi connectivity index (χ0n) is 11.3. The Morgan fingerprint density at radius 3 is 2.95 bits per heavy atom. The van der Waals surface area contributed by atoms with Crippen molar-refractivity contribution in [2.45, 2.75) is 38.6 Å². The topological polar surface area (TPSA) is 55.6 Å². The van der Waals surface area contributed by atoms with E-state index in [4.69, 9.17) is 0 Å². The molecule has 3 rings (SSSR count). The Hall–Kier alpha value is -1.91. The van der Waals surface area contributed by atoms with Crippen LogP contribution in [0, 0.1) is 0 Å². The first-order valence-corrected chi connectivity index (χ1v) is 6.88. The summed E-state index contributed by atoms with van der Waals surface area (Å²) in [6.07, 6.45) is 9.43. The minimum Gasteiger partial charge on any atom is -0.364 e. The second kappa shape index (κ2) is 5.38. The van der Waals surface area contributed by atoms with Gasteiger partial charge in [0.25, 0.3) is 0 Å². The van der Waals surface area contributed by atoms with E-state index < -0.39 is 0 Å². The van der Waals surface area contributed by atoms with Crippen LogP contribution in [0.15, 0.2) is 18.6 Å². The van der Waals surface area contributed by atoms with E-state index in [0.29, 0.717) is 0 Å². The third-order valence-electron chi connectivity index (χ3n) is 3.73. The van der Waals surface area contributed by atoms with Crippen LogP contribution in [-0.4, -0.2) is 19.7 Å². The van der Waals surface area contributed by atoms with Gasteiger partial charge in [0.1, 0.15) is 12.1 Å². The van der Waals surface area contributed by atoms with E-state index in [-0.39, 0.29) is 0 Å². The molecule has 0 unspecified atom stereocenters. The summed E-state index contributed by atoms with van der Waals surface area (Å²) in [5.41, 5.74) is 3.68. The molecule has 0 aliphatic heterocycles. The molecule has 1 aliphatic carbocycles. The number of nitrogens with zero attached hydrogens (tertiary/aromatic N) is 4. The van der Waals surface area contributed by atoms with Crippen molar-refractivity contribution in [3.63, 3.8) is 0 Å². The van der Waals surface area contributed by atoms with E-state index in [1.807, 2.05) is 24.0 Å². The van der Waals surface area contributed by atoms with Crippen molar-refractivity contribution in [3.05, 3.63) is 35.5 Å². The van der Waals surface area contributed by atoms with Gasteiger partial charge in [0, 0.05) is 24.5 Å². The largest absolute Gasteiger partial charge is 0.364 e. The lowest BCUT2D eigenvalue weighted by Gasteiger charge is -2.12. The second-order valence-corrected chi connectivity index (χ2v) is 5.01. The molecular weight excluding hydrogens is 238 g/mol. The fraction of sp³-hybridized carbons (Fsp3) is 0.500. The molecule has 5 heteroatoms. The van der Waals surface area contributed by atoms with Crippen LogP contribution in [-0.2, 0) is 26.4 Å². The highest BCUT2D eigenvalue weighted by Gasteiger charge is 2.14.